The smallest absolute Gasteiger partial charge is 0.256 e. The number of hydrogen-bond donors (Lipinski definition) is 1. The lowest BCUT2D eigenvalue weighted by Gasteiger charge is -2.34. The molecular weight excluding hydrogens is 289 g/mol. The molecule has 1 atom stereocenters. The van der Waals surface area contributed by atoms with Crippen LogP contribution in [0.5, 0.6) is 0 Å². The van der Waals surface area contributed by atoms with E-state index in [1.165, 1.54) is 12.3 Å². The van der Waals surface area contributed by atoms with Crippen LogP contribution in [-0.2, 0) is 4.79 Å². The summed E-state index contributed by atoms with van der Waals surface area (Å²) >= 11 is 11.6. The number of pyridine rings is 1. The fourth-order valence-electron chi connectivity index (χ4n) is 2.07. The van der Waals surface area contributed by atoms with E-state index >= 15 is 0 Å². The molecule has 2 amide bonds. The Morgan fingerprint density at radius 2 is 2.32 bits per heavy atom. The Morgan fingerprint density at radius 3 is 2.95 bits per heavy atom. The quantitative estimate of drug-likeness (QED) is 0.846. The van der Waals surface area contributed by atoms with Crippen molar-refractivity contribution in [1.29, 1.82) is 0 Å². The summed E-state index contributed by atoms with van der Waals surface area (Å²) in [5, 5.41) is 3.12. The van der Waals surface area contributed by atoms with Crippen molar-refractivity contribution >= 4 is 35.0 Å². The van der Waals surface area contributed by atoms with Gasteiger partial charge >= 0.3 is 0 Å². The largest absolute Gasteiger partial charge is 0.353 e. The average Bonchev–Trinajstić information content (AvgIpc) is 2.40. The summed E-state index contributed by atoms with van der Waals surface area (Å²) in [6, 6.07) is 1.02. The normalized spacial score (nSPS) is 19.2. The molecule has 1 unspecified atom stereocenters. The molecule has 7 heteroatoms. The Balaban J connectivity index is 2.26. The highest BCUT2D eigenvalue weighted by Gasteiger charge is 2.32. The molecule has 0 spiro atoms. The standard InChI is InChI=1S/C12H13Cl2N3O2/c1-2-9-11(18)15-3-4-17(9)12(19)7-5-8(13)10(14)16-6-7/h5-6,9H,2-4H2,1H3,(H,15,18). The molecule has 0 bridgehead atoms. The van der Waals surface area contributed by atoms with Crippen LogP contribution >= 0.6 is 23.2 Å². The first-order chi connectivity index (χ1) is 9.04. The summed E-state index contributed by atoms with van der Waals surface area (Å²) in [5.41, 5.74) is 0.336. The van der Waals surface area contributed by atoms with Gasteiger partial charge in [0.2, 0.25) is 5.91 Å². The molecule has 2 rings (SSSR count). The zero-order chi connectivity index (χ0) is 14.0. The Hall–Kier alpha value is -1.33. The van der Waals surface area contributed by atoms with Crippen molar-refractivity contribution in [2.45, 2.75) is 19.4 Å². The van der Waals surface area contributed by atoms with Gasteiger partial charge in [0, 0.05) is 19.3 Å². The lowest BCUT2D eigenvalue weighted by atomic mass is 10.1. The van der Waals surface area contributed by atoms with Crippen molar-refractivity contribution in [3.05, 3.63) is 28.0 Å². The van der Waals surface area contributed by atoms with Crippen molar-refractivity contribution < 1.29 is 9.59 Å². The molecule has 2 heterocycles. The van der Waals surface area contributed by atoms with Gasteiger partial charge in [0.15, 0.2) is 0 Å². The van der Waals surface area contributed by atoms with Crippen LogP contribution in [-0.4, -0.2) is 40.8 Å². The van der Waals surface area contributed by atoms with Gasteiger partial charge in [-0.1, -0.05) is 30.1 Å². The van der Waals surface area contributed by atoms with Gasteiger partial charge < -0.3 is 10.2 Å². The maximum atomic E-state index is 12.4. The van der Waals surface area contributed by atoms with E-state index in [0.29, 0.717) is 25.1 Å². The van der Waals surface area contributed by atoms with E-state index in [-0.39, 0.29) is 22.0 Å². The van der Waals surface area contributed by atoms with E-state index in [0.717, 1.165) is 0 Å². The molecule has 19 heavy (non-hydrogen) atoms. The van der Waals surface area contributed by atoms with Gasteiger partial charge in [0.1, 0.15) is 11.2 Å². The van der Waals surface area contributed by atoms with Crippen molar-refractivity contribution in [1.82, 2.24) is 15.2 Å². The third-order valence-corrected chi connectivity index (χ3v) is 3.71. The van der Waals surface area contributed by atoms with E-state index in [1.54, 1.807) is 4.90 Å². The molecule has 1 aromatic heterocycles. The van der Waals surface area contributed by atoms with Crippen LogP contribution in [0.2, 0.25) is 10.2 Å². The molecule has 1 aliphatic heterocycles. The van der Waals surface area contributed by atoms with Crippen LogP contribution in [0.1, 0.15) is 23.7 Å². The monoisotopic (exact) mass is 301 g/mol. The number of rotatable bonds is 2. The second-order valence-electron chi connectivity index (χ2n) is 4.21. The van der Waals surface area contributed by atoms with Gasteiger partial charge in [-0.05, 0) is 12.5 Å². The minimum atomic E-state index is -0.448. The second kappa shape index (κ2) is 5.75. The number of hydrogen-bond acceptors (Lipinski definition) is 3. The van der Waals surface area contributed by atoms with Gasteiger partial charge in [-0.2, -0.15) is 0 Å². The lowest BCUT2D eigenvalue weighted by molar-refractivity contribution is -0.127. The van der Waals surface area contributed by atoms with Crippen LogP contribution < -0.4 is 5.32 Å². The summed E-state index contributed by atoms with van der Waals surface area (Å²) in [6.45, 7) is 2.79. The first kappa shape index (κ1) is 14.1. The second-order valence-corrected chi connectivity index (χ2v) is 4.98. The molecule has 1 aromatic rings. The van der Waals surface area contributed by atoms with Gasteiger partial charge in [-0.15, -0.1) is 0 Å². The van der Waals surface area contributed by atoms with Crippen LogP contribution in [0.3, 0.4) is 0 Å². The molecule has 1 fully saturated rings. The number of halogens is 2. The van der Waals surface area contributed by atoms with Crippen molar-refractivity contribution in [3.63, 3.8) is 0 Å². The van der Waals surface area contributed by atoms with E-state index < -0.39 is 6.04 Å². The maximum absolute atomic E-state index is 12.4. The lowest BCUT2D eigenvalue weighted by Crippen LogP contribution is -2.56. The molecule has 0 aromatic carbocycles. The van der Waals surface area contributed by atoms with Crippen molar-refractivity contribution in [2.75, 3.05) is 13.1 Å². The first-order valence-corrected chi connectivity index (χ1v) is 6.70. The molecule has 1 N–H and O–H groups in total. The number of nitrogens with one attached hydrogen (secondary N) is 1. The highest BCUT2D eigenvalue weighted by molar-refractivity contribution is 6.41. The Kier molecular flexibility index (Phi) is 4.27. The van der Waals surface area contributed by atoms with Crippen LogP contribution in [0.25, 0.3) is 0 Å². The zero-order valence-electron chi connectivity index (χ0n) is 10.3. The average molecular weight is 302 g/mol. The molecule has 5 nitrogen and oxygen atoms in total. The predicted octanol–water partition coefficient (Wildman–Crippen LogP) is 1.74. The summed E-state index contributed by atoms with van der Waals surface area (Å²) in [5.74, 6) is -0.386. The summed E-state index contributed by atoms with van der Waals surface area (Å²) in [6.07, 6.45) is 1.93. The van der Waals surface area contributed by atoms with Gasteiger partial charge in [0.05, 0.1) is 10.6 Å². The Labute approximate surface area is 120 Å². The fourth-order valence-corrected chi connectivity index (χ4v) is 2.34. The van der Waals surface area contributed by atoms with Gasteiger partial charge in [-0.25, -0.2) is 4.98 Å². The van der Waals surface area contributed by atoms with Crippen LogP contribution in [0, 0.1) is 0 Å². The molecular formula is C12H13Cl2N3O2. The van der Waals surface area contributed by atoms with E-state index in [9.17, 15) is 9.59 Å². The van der Waals surface area contributed by atoms with Crippen molar-refractivity contribution in [2.24, 2.45) is 0 Å². The highest BCUT2D eigenvalue weighted by Crippen LogP contribution is 2.21. The molecule has 1 aliphatic rings. The van der Waals surface area contributed by atoms with Crippen LogP contribution in [0.15, 0.2) is 12.3 Å². The fraction of sp³-hybridized carbons (Fsp3) is 0.417. The predicted molar refractivity (Wildman–Crippen MR) is 72.4 cm³/mol. The van der Waals surface area contributed by atoms with Crippen LogP contribution in [0.4, 0.5) is 0 Å². The van der Waals surface area contributed by atoms with Gasteiger partial charge in [0.25, 0.3) is 5.91 Å². The van der Waals surface area contributed by atoms with E-state index in [4.69, 9.17) is 23.2 Å². The van der Waals surface area contributed by atoms with Gasteiger partial charge in [-0.3, -0.25) is 9.59 Å². The highest BCUT2D eigenvalue weighted by atomic mass is 35.5. The summed E-state index contributed by atoms with van der Waals surface area (Å²) in [7, 11) is 0. The number of nitrogens with zero attached hydrogens (tertiary/aromatic N) is 2. The molecule has 102 valence electrons. The Morgan fingerprint density at radius 1 is 1.58 bits per heavy atom. The van der Waals surface area contributed by atoms with E-state index in [1.807, 2.05) is 6.92 Å². The third-order valence-electron chi connectivity index (χ3n) is 3.02. The molecule has 0 radical (unpaired) electrons. The SMILES string of the molecule is CCC1C(=O)NCCN1C(=O)c1cnc(Cl)c(Cl)c1. The molecule has 0 aliphatic carbocycles. The minimum absolute atomic E-state index is 0.130. The number of piperazine rings is 1. The summed E-state index contributed by atoms with van der Waals surface area (Å²) < 4.78 is 0. The number of carbonyl (C=O) groups is 2. The topological polar surface area (TPSA) is 62.3 Å². The Bertz CT molecular complexity index is 522. The zero-order valence-corrected chi connectivity index (χ0v) is 11.8. The minimum Gasteiger partial charge on any atom is -0.353 e. The molecule has 0 saturated carbocycles. The number of aromatic nitrogens is 1. The maximum Gasteiger partial charge on any atom is 0.256 e. The summed E-state index contributed by atoms with van der Waals surface area (Å²) in [4.78, 5) is 29.5. The van der Waals surface area contributed by atoms with Crippen molar-refractivity contribution in [3.8, 4) is 0 Å². The third kappa shape index (κ3) is 2.82. The first-order valence-electron chi connectivity index (χ1n) is 5.94. The number of carbonyl (C=O) groups excluding carboxylic acids is 2. The molecule has 1 saturated heterocycles. The number of amides is 2. The van der Waals surface area contributed by atoms with E-state index in [2.05, 4.69) is 10.3 Å².